The van der Waals surface area contributed by atoms with Gasteiger partial charge in [-0.3, -0.25) is 0 Å². The Morgan fingerprint density at radius 3 is 1.88 bits per heavy atom. The van der Waals surface area contributed by atoms with Crippen molar-refractivity contribution in [2.24, 2.45) is 0 Å². The summed E-state index contributed by atoms with van der Waals surface area (Å²) in [7, 11) is 0. The zero-order chi connectivity index (χ0) is 28.7. The highest BCUT2D eigenvalue weighted by atomic mass is 32.1. The molecular weight excluding hydrogens is 545 g/mol. The van der Waals surface area contributed by atoms with Gasteiger partial charge in [0.05, 0.1) is 48.7 Å². The van der Waals surface area contributed by atoms with Crippen molar-refractivity contribution < 1.29 is 0 Å². The van der Waals surface area contributed by atoms with E-state index >= 15 is 0 Å². The molecule has 5 heteroatoms. The minimum absolute atomic E-state index is 0.654. The highest BCUT2D eigenvalue weighted by molar-refractivity contribution is 7.27. The molecule has 0 fully saturated rings. The van der Waals surface area contributed by atoms with Crippen molar-refractivity contribution in [3.8, 4) is 23.5 Å². The molecule has 6 aromatic carbocycles. The molecule has 0 unspecified atom stereocenters. The van der Waals surface area contributed by atoms with Gasteiger partial charge in [-0.05, 0) is 54.6 Å². The first-order valence-corrected chi connectivity index (χ1v) is 14.9. The quantitative estimate of drug-likeness (QED) is 0.210. The highest BCUT2D eigenvalue weighted by Gasteiger charge is 2.19. The first kappa shape index (κ1) is 23.8. The third-order valence-corrected chi connectivity index (χ3v) is 9.83. The lowest BCUT2D eigenvalue weighted by atomic mass is 10.1. The molecule has 9 rings (SSSR count). The van der Waals surface area contributed by atoms with Crippen LogP contribution >= 0.6 is 11.3 Å². The number of thiophene rings is 1. The fourth-order valence-electron chi connectivity index (χ4n) is 6.75. The second-order valence-corrected chi connectivity index (χ2v) is 11.8. The van der Waals surface area contributed by atoms with Gasteiger partial charge in [0, 0.05) is 43.7 Å². The summed E-state index contributed by atoms with van der Waals surface area (Å²) in [4.78, 5) is 0. The lowest BCUT2D eigenvalue weighted by Gasteiger charge is -2.13. The minimum Gasteiger partial charge on any atom is -0.309 e. The summed E-state index contributed by atoms with van der Waals surface area (Å²) >= 11 is 1.70. The molecule has 0 bridgehead atoms. The molecule has 198 valence electrons. The Labute approximate surface area is 250 Å². The van der Waals surface area contributed by atoms with E-state index in [0.29, 0.717) is 11.1 Å². The predicted octanol–water partition coefficient (Wildman–Crippen LogP) is 9.99. The van der Waals surface area contributed by atoms with E-state index in [1.165, 1.54) is 20.9 Å². The molecule has 3 heterocycles. The summed E-state index contributed by atoms with van der Waals surface area (Å²) in [5.41, 5.74) is 7.94. The SMILES string of the molecule is N#Cc1ccc2c(c1)c1ccccc1n2-c1cccc(-n2c3ccccc3c3ccc4c5cccc(C#N)c5sc4c32)c1. The number of benzene rings is 6. The second-order valence-electron chi connectivity index (χ2n) is 10.8. The lowest BCUT2D eigenvalue weighted by molar-refractivity contribution is 1.14. The zero-order valence-corrected chi connectivity index (χ0v) is 23.6. The van der Waals surface area contributed by atoms with E-state index < -0.39 is 0 Å². The van der Waals surface area contributed by atoms with Crippen LogP contribution in [0.3, 0.4) is 0 Å². The van der Waals surface area contributed by atoms with E-state index in [9.17, 15) is 10.5 Å². The van der Waals surface area contributed by atoms with Gasteiger partial charge in [-0.15, -0.1) is 11.3 Å². The van der Waals surface area contributed by atoms with Crippen molar-refractivity contribution >= 4 is 75.1 Å². The van der Waals surface area contributed by atoms with E-state index in [2.05, 4.69) is 112 Å². The van der Waals surface area contributed by atoms with Gasteiger partial charge in [0.25, 0.3) is 0 Å². The van der Waals surface area contributed by atoms with Gasteiger partial charge in [-0.25, -0.2) is 0 Å². The van der Waals surface area contributed by atoms with Crippen molar-refractivity contribution in [2.45, 2.75) is 0 Å². The molecule has 0 saturated heterocycles. The molecule has 0 radical (unpaired) electrons. The van der Waals surface area contributed by atoms with Crippen LogP contribution < -0.4 is 0 Å². The molecule has 3 aromatic heterocycles. The second kappa shape index (κ2) is 8.81. The van der Waals surface area contributed by atoms with Crippen molar-refractivity contribution in [3.05, 3.63) is 132 Å². The van der Waals surface area contributed by atoms with E-state index in [4.69, 9.17) is 0 Å². The maximum atomic E-state index is 9.86. The molecule has 0 amide bonds. The Balaban J connectivity index is 1.39. The van der Waals surface area contributed by atoms with Crippen LogP contribution in [0.4, 0.5) is 0 Å². The first-order valence-electron chi connectivity index (χ1n) is 14.1. The van der Waals surface area contributed by atoms with Crippen LogP contribution in [0.2, 0.25) is 0 Å². The van der Waals surface area contributed by atoms with Gasteiger partial charge >= 0.3 is 0 Å². The number of hydrogen-bond donors (Lipinski definition) is 0. The number of nitrogens with zero attached hydrogens (tertiary/aromatic N) is 4. The van der Waals surface area contributed by atoms with Crippen LogP contribution in [0.1, 0.15) is 11.1 Å². The van der Waals surface area contributed by atoms with E-state index in [-0.39, 0.29) is 0 Å². The Bertz CT molecular complexity index is 2710. The average molecular weight is 565 g/mol. The van der Waals surface area contributed by atoms with Gasteiger partial charge in [0.15, 0.2) is 0 Å². The maximum absolute atomic E-state index is 9.86. The van der Waals surface area contributed by atoms with Crippen LogP contribution in [0.15, 0.2) is 121 Å². The molecule has 9 aromatic rings. The summed E-state index contributed by atoms with van der Waals surface area (Å²) in [6, 6.07) is 46.7. The van der Waals surface area contributed by atoms with Crippen LogP contribution in [-0.2, 0) is 0 Å². The van der Waals surface area contributed by atoms with Crippen LogP contribution in [0.25, 0.3) is 75.2 Å². The monoisotopic (exact) mass is 564 g/mol. The van der Waals surface area contributed by atoms with Crippen molar-refractivity contribution in [1.29, 1.82) is 10.5 Å². The summed E-state index contributed by atoms with van der Waals surface area (Å²) in [6.45, 7) is 0. The van der Waals surface area contributed by atoms with Gasteiger partial charge in [-0.1, -0.05) is 66.7 Å². The van der Waals surface area contributed by atoms with Crippen LogP contribution in [0, 0.1) is 22.7 Å². The van der Waals surface area contributed by atoms with Gasteiger partial charge in [0.1, 0.15) is 6.07 Å². The lowest BCUT2D eigenvalue weighted by Crippen LogP contribution is -1.98. The summed E-state index contributed by atoms with van der Waals surface area (Å²) in [6.07, 6.45) is 0. The first-order chi connectivity index (χ1) is 21.2. The summed E-state index contributed by atoms with van der Waals surface area (Å²) in [5.74, 6) is 0. The van der Waals surface area contributed by atoms with Gasteiger partial charge < -0.3 is 9.13 Å². The van der Waals surface area contributed by atoms with Crippen LogP contribution in [-0.4, -0.2) is 9.13 Å². The average Bonchev–Trinajstić information content (AvgIpc) is 3.72. The molecule has 43 heavy (non-hydrogen) atoms. The van der Waals surface area contributed by atoms with Crippen LogP contribution in [0.5, 0.6) is 0 Å². The smallest absolute Gasteiger partial charge is 0.101 e. The summed E-state index contributed by atoms with van der Waals surface area (Å²) < 4.78 is 6.87. The number of hydrogen-bond acceptors (Lipinski definition) is 3. The Morgan fingerprint density at radius 2 is 1.09 bits per heavy atom. The Morgan fingerprint density at radius 1 is 0.465 bits per heavy atom. The van der Waals surface area contributed by atoms with E-state index in [0.717, 1.165) is 54.3 Å². The largest absolute Gasteiger partial charge is 0.309 e. The van der Waals surface area contributed by atoms with E-state index in [1.54, 1.807) is 11.3 Å². The number of fused-ring (bicyclic) bond motifs is 10. The number of para-hydroxylation sites is 2. The van der Waals surface area contributed by atoms with Crippen molar-refractivity contribution in [3.63, 3.8) is 0 Å². The normalized spacial score (nSPS) is 11.7. The Hall–Kier alpha value is -5.88. The third kappa shape index (κ3) is 3.23. The molecule has 0 atom stereocenters. The van der Waals surface area contributed by atoms with Crippen molar-refractivity contribution in [2.75, 3.05) is 0 Å². The molecule has 0 aliphatic heterocycles. The fraction of sp³-hybridized carbons (Fsp3) is 0. The van der Waals surface area contributed by atoms with E-state index in [1.807, 2.05) is 30.3 Å². The standard InChI is InChI=1S/C38H20N4S/c39-21-23-15-18-35-32(19-23)28-11-2-3-13-33(28)41(35)25-8-6-9-26(20-25)42-34-14-4-1-10-27(34)29-16-17-31-30-12-5-7-24(22-40)37(30)43-38(31)36(29)42/h1-20H. The molecular formula is C38H20N4S. The molecule has 0 spiro atoms. The van der Waals surface area contributed by atoms with Gasteiger partial charge in [0.2, 0.25) is 0 Å². The molecule has 0 N–H and O–H groups in total. The Kier molecular flexibility index (Phi) is 4.87. The number of aromatic nitrogens is 2. The molecule has 0 aliphatic carbocycles. The number of rotatable bonds is 2. The summed E-state index contributed by atoms with van der Waals surface area (Å²) in [5, 5.41) is 26.3. The minimum atomic E-state index is 0.654. The number of nitriles is 2. The predicted molar refractivity (Wildman–Crippen MR) is 177 cm³/mol. The fourth-order valence-corrected chi connectivity index (χ4v) is 8.05. The highest BCUT2D eigenvalue weighted by Crippen LogP contribution is 2.44. The zero-order valence-electron chi connectivity index (χ0n) is 22.7. The van der Waals surface area contributed by atoms with Gasteiger partial charge in [-0.2, -0.15) is 10.5 Å². The molecule has 0 aliphatic rings. The van der Waals surface area contributed by atoms with Crippen molar-refractivity contribution in [1.82, 2.24) is 9.13 Å². The molecule has 0 saturated carbocycles. The molecule has 4 nitrogen and oxygen atoms in total. The topological polar surface area (TPSA) is 57.4 Å². The third-order valence-electron chi connectivity index (χ3n) is 8.57. The maximum Gasteiger partial charge on any atom is 0.101 e.